The second-order valence-electron chi connectivity index (χ2n) is 10.8. The van der Waals surface area contributed by atoms with E-state index >= 15 is 0 Å². The number of carbonyl (C=O) groups excluding carboxylic acids is 3. The van der Waals surface area contributed by atoms with E-state index in [0.717, 1.165) is 35.9 Å². The summed E-state index contributed by atoms with van der Waals surface area (Å²) in [6, 6.07) is 16.3. The number of nitrogens with zero attached hydrogens (tertiary/aromatic N) is 3. The molecule has 0 bridgehead atoms. The van der Waals surface area contributed by atoms with E-state index in [9.17, 15) is 14.4 Å². The molecule has 11 heteroatoms. The zero-order valence-electron chi connectivity index (χ0n) is 23.1. The number of fused-ring (bicyclic) bond motifs is 2. The van der Waals surface area contributed by atoms with E-state index in [1.54, 1.807) is 16.7 Å². The molecular weight excluding hydrogens is 557 g/mol. The van der Waals surface area contributed by atoms with Gasteiger partial charge in [0.25, 0.3) is 0 Å². The number of benzene rings is 2. The maximum atomic E-state index is 13.8. The Labute approximate surface area is 248 Å². The Morgan fingerprint density at radius 2 is 1.93 bits per heavy atom. The Hall–Kier alpha value is -3.44. The smallest absolute Gasteiger partial charge is 0.244 e. The first-order chi connectivity index (χ1) is 19.7. The van der Waals surface area contributed by atoms with E-state index in [1.807, 2.05) is 42.5 Å². The molecule has 41 heavy (non-hydrogen) atoms. The van der Waals surface area contributed by atoms with Crippen LogP contribution in [0.15, 0.2) is 59.6 Å². The number of para-hydroxylation sites is 1. The fraction of sp³-hybridized carbons (Fsp3) is 0.433. The summed E-state index contributed by atoms with van der Waals surface area (Å²) in [6.07, 6.45) is 4.06. The average Bonchev–Trinajstić information content (AvgIpc) is 3.56. The van der Waals surface area contributed by atoms with E-state index in [1.165, 1.54) is 16.9 Å². The highest BCUT2D eigenvalue weighted by Crippen LogP contribution is 2.48. The van der Waals surface area contributed by atoms with E-state index < -0.39 is 17.0 Å². The maximum absolute atomic E-state index is 13.8. The first-order valence-electron chi connectivity index (χ1n) is 14.0. The number of nitrogens with two attached hydrogens (primary N) is 2. The summed E-state index contributed by atoms with van der Waals surface area (Å²) >= 11 is 2.96. The highest BCUT2D eigenvalue weighted by Gasteiger charge is 2.53. The number of piperidine rings is 1. The van der Waals surface area contributed by atoms with Gasteiger partial charge in [0.2, 0.25) is 17.6 Å². The molecule has 1 aromatic heterocycles. The standard InChI is InChI=1S/C30H36N6O3S2/c1-30-16-15-20(14-13-19-8-3-2-4-9-19)28(39)36(30)23(18-40-30)26(38)34-22(11-7-17-33-29(31)32)25(37)27-35-21-10-5-6-12-24(21)41-27/h2-6,8-10,12,20,22-23H,7,11,13-18H2,1H3,(H,34,38)(H4,31,32,33)/t20-,22?,23+,30+/m1/s1. The van der Waals surface area contributed by atoms with Gasteiger partial charge in [-0.2, -0.15) is 0 Å². The SMILES string of the molecule is C[C@]12CC[C@@H](CCc3ccccc3)C(=O)N1[C@H](C(=O)NC(CCCN=C(N)N)C(=O)c1nc3ccccc3s1)CS2. The summed E-state index contributed by atoms with van der Waals surface area (Å²) in [6.45, 7) is 2.39. The summed E-state index contributed by atoms with van der Waals surface area (Å²) in [4.78, 5) is 51.1. The van der Waals surface area contributed by atoms with Crippen molar-refractivity contribution in [2.75, 3.05) is 12.3 Å². The topological polar surface area (TPSA) is 144 Å². The summed E-state index contributed by atoms with van der Waals surface area (Å²) in [5, 5.41) is 3.34. The number of guanidine groups is 1. The third kappa shape index (κ3) is 6.56. The fourth-order valence-electron chi connectivity index (χ4n) is 5.69. The molecule has 216 valence electrons. The van der Waals surface area contributed by atoms with Gasteiger partial charge in [0.05, 0.1) is 21.1 Å². The number of hydrogen-bond donors (Lipinski definition) is 3. The van der Waals surface area contributed by atoms with Gasteiger partial charge < -0.3 is 21.7 Å². The zero-order valence-corrected chi connectivity index (χ0v) is 24.8. The number of rotatable bonds is 11. The summed E-state index contributed by atoms with van der Waals surface area (Å²) in [5.41, 5.74) is 12.9. The number of aryl methyl sites for hydroxylation is 1. The molecule has 9 nitrogen and oxygen atoms in total. The number of amides is 2. The van der Waals surface area contributed by atoms with Gasteiger partial charge in [0.1, 0.15) is 6.04 Å². The molecule has 5 N–H and O–H groups in total. The van der Waals surface area contributed by atoms with Crippen LogP contribution in [0.5, 0.6) is 0 Å². The van der Waals surface area contributed by atoms with Crippen LogP contribution < -0.4 is 16.8 Å². The van der Waals surface area contributed by atoms with Crippen molar-refractivity contribution in [2.45, 2.75) is 62.4 Å². The van der Waals surface area contributed by atoms with E-state index in [0.29, 0.717) is 30.1 Å². The molecule has 3 heterocycles. The van der Waals surface area contributed by atoms with Crippen LogP contribution in [0.25, 0.3) is 10.2 Å². The van der Waals surface area contributed by atoms with Crippen LogP contribution in [0, 0.1) is 5.92 Å². The highest BCUT2D eigenvalue weighted by molar-refractivity contribution is 8.00. The summed E-state index contributed by atoms with van der Waals surface area (Å²) in [5.74, 6) is -0.173. The molecule has 0 saturated carbocycles. The van der Waals surface area contributed by atoms with Gasteiger partial charge in [-0.3, -0.25) is 19.4 Å². The third-order valence-electron chi connectivity index (χ3n) is 7.93. The third-order valence-corrected chi connectivity index (χ3v) is 10.5. The van der Waals surface area contributed by atoms with Gasteiger partial charge in [-0.15, -0.1) is 23.1 Å². The van der Waals surface area contributed by atoms with Gasteiger partial charge in [0, 0.05) is 18.2 Å². The molecule has 0 aliphatic carbocycles. The van der Waals surface area contributed by atoms with Crippen molar-refractivity contribution in [3.8, 4) is 0 Å². The van der Waals surface area contributed by atoms with Crippen molar-refractivity contribution >= 4 is 56.9 Å². The monoisotopic (exact) mass is 592 g/mol. The molecular formula is C30H36N6O3S2. The van der Waals surface area contributed by atoms with Crippen LogP contribution >= 0.6 is 23.1 Å². The van der Waals surface area contributed by atoms with Crippen molar-refractivity contribution in [3.05, 3.63) is 65.2 Å². The van der Waals surface area contributed by atoms with Gasteiger partial charge in [-0.1, -0.05) is 42.5 Å². The summed E-state index contributed by atoms with van der Waals surface area (Å²) < 4.78 is 0.907. The van der Waals surface area contributed by atoms with Crippen molar-refractivity contribution in [1.29, 1.82) is 0 Å². The molecule has 2 aromatic carbocycles. The Morgan fingerprint density at radius 1 is 1.17 bits per heavy atom. The number of thiazole rings is 1. The predicted molar refractivity (Wildman–Crippen MR) is 165 cm³/mol. The number of carbonyl (C=O) groups is 3. The van der Waals surface area contributed by atoms with Gasteiger partial charge in [0.15, 0.2) is 11.0 Å². The Kier molecular flexibility index (Phi) is 8.94. The van der Waals surface area contributed by atoms with Crippen LogP contribution in [-0.4, -0.2) is 62.7 Å². The van der Waals surface area contributed by atoms with Crippen LogP contribution in [0.3, 0.4) is 0 Å². The van der Waals surface area contributed by atoms with Crippen molar-refractivity contribution in [1.82, 2.24) is 15.2 Å². The molecule has 2 aliphatic heterocycles. The Balaban J connectivity index is 1.31. The molecule has 5 rings (SSSR count). The lowest BCUT2D eigenvalue weighted by Crippen LogP contribution is -2.59. The zero-order chi connectivity index (χ0) is 29.0. The lowest BCUT2D eigenvalue weighted by atomic mass is 9.86. The number of hydrogen-bond acceptors (Lipinski definition) is 7. The van der Waals surface area contributed by atoms with E-state index in [4.69, 9.17) is 11.5 Å². The number of Topliss-reactive ketones (excluding diaryl/α,β-unsaturated/α-hetero) is 1. The van der Waals surface area contributed by atoms with Crippen LogP contribution in [0.2, 0.25) is 0 Å². The minimum absolute atomic E-state index is 0.0178. The minimum Gasteiger partial charge on any atom is -0.370 e. The first-order valence-corrected chi connectivity index (χ1v) is 15.8. The maximum Gasteiger partial charge on any atom is 0.244 e. The molecule has 0 radical (unpaired) electrons. The second-order valence-corrected chi connectivity index (χ2v) is 13.4. The molecule has 3 aromatic rings. The average molecular weight is 593 g/mol. The van der Waals surface area contributed by atoms with Gasteiger partial charge in [-0.05, 0) is 63.1 Å². The molecule has 2 saturated heterocycles. The van der Waals surface area contributed by atoms with Crippen LogP contribution in [0.1, 0.15) is 54.4 Å². The van der Waals surface area contributed by atoms with Crippen molar-refractivity contribution < 1.29 is 14.4 Å². The second kappa shape index (κ2) is 12.6. The quantitative estimate of drug-likeness (QED) is 0.133. The van der Waals surface area contributed by atoms with Gasteiger partial charge >= 0.3 is 0 Å². The van der Waals surface area contributed by atoms with E-state index in [-0.39, 0.29) is 29.5 Å². The summed E-state index contributed by atoms with van der Waals surface area (Å²) in [7, 11) is 0. The fourth-order valence-corrected chi connectivity index (χ4v) is 8.08. The number of aromatic nitrogens is 1. The number of nitrogens with one attached hydrogen (secondary N) is 1. The number of ketones is 1. The lowest BCUT2D eigenvalue weighted by Gasteiger charge is -2.44. The lowest BCUT2D eigenvalue weighted by molar-refractivity contribution is -0.149. The highest BCUT2D eigenvalue weighted by atomic mass is 32.2. The van der Waals surface area contributed by atoms with Crippen molar-refractivity contribution in [2.24, 2.45) is 22.4 Å². The Bertz CT molecular complexity index is 1410. The number of thioether (sulfide) groups is 1. The predicted octanol–water partition coefficient (Wildman–Crippen LogP) is 3.72. The molecule has 1 unspecified atom stereocenters. The van der Waals surface area contributed by atoms with Crippen molar-refractivity contribution in [3.63, 3.8) is 0 Å². The molecule has 4 atom stereocenters. The Morgan fingerprint density at radius 3 is 2.68 bits per heavy atom. The normalized spacial score (nSPS) is 22.8. The van der Waals surface area contributed by atoms with Crippen LogP contribution in [-0.2, 0) is 16.0 Å². The first kappa shape index (κ1) is 29.1. The van der Waals surface area contributed by atoms with E-state index in [2.05, 4.69) is 34.3 Å². The molecule has 2 aliphatic rings. The largest absolute Gasteiger partial charge is 0.370 e. The number of aliphatic imine (C=N–C) groups is 1. The van der Waals surface area contributed by atoms with Crippen LogP contribution in [0.4, 0.5) is 0 Å². The minimum atomic E-state index is -0.803. The molecule has 2 amide bonds. The molecule has 2 fully saturated rings. The van der Waals surface area contributed by atoms with Gasteiger partial charge in [-0.25, -0.2) is 4.98 Å². The molecule has 0 spiro atoms.